The number of hydrogen-bond acceptors (Lipinski definition) is 4. The lowest BCUT2D eigenvalue weighted by Gasteiger charge is -2.26. The smallest absolute Gasteiger partial charge is 0.137 e. The van der Waals surface area contributed by atoms with Gasteiger partial charge in [0.2, 0.25) is 0 Å². The van der Waals surface area contributed by atoms with Crippen LogP contribution in [0.4, 0.5) is 0 Å². The van der Waals surface area contributed by atoms with E-state index >= 15 is 0 Å². The van der Waals surface area contributed by atoms with Crippen LogP contribution in [0, 0.1) is 6.92 Å². The van der Waals surface area contributed by atoms with Gasteiger partial charge in [0.05, 0.1) is 26.0 Å². The normalized spacial score (nSPS) is 17.0. The van der Waals surface area contributed by atoms with E-state index in [1.807, 2.05) is 19.2 Å². The molecule has 1 aromatic heterocycles. The van der Waals surface area contributed by atoms with Crippen LogP contribution in [0.15, 0.2) is 18.5 Å². The van der Waals surface area contributed by atoms with Crippen LogP contribution < -0.4 is 4.74 Å². The zero-order valence-electron chi connectivity index (χ0n) is 10.4. The van der Waals surface area contributed by atoms with Crippen LogP contribution in [0.25, 0.3) is 0 Å². The predicted octanol–water partition coefficient (Wildman–Crippen LogP) is 1.49. The molecule has 0 N–H and O–H groups in total. The van der Waals surface area contributed by atoms with Crippen molar-refractivity contribution in [2.45, 2.75) is 13.3 Å². The van der Waals surface area contributed by atoms with Crippen molar-refractivity contribution >= 4 is 0 Å². The lowest BCUT2D eigenvalue weighted by Crippen LogP contribution is -2.37. The van der Waals surface area contributed by atoms with Gasteiger partial charge in [-0.05, 0) is 25.0 Å². The Labute approximate surface area is 103 Å². The van der Waals surface area contributed by atoms with Crippen LogP contribution in [0.5, 0.6) is 5.75 Å². The first-order chi connectivity index (χ1) is 8.34. The third-order valence-corrected chi connectivity index (χ3v) is 2.84. The molecule has 2 heterocycles. The minimum absolute atomic E-state index is 0.752. The number of aromatic nitrogens is 1. The quantitative estimate of drug-likeness (QED) is 0.726. The highest BCUT2D eigenvalue weighted by Crippen LogP contribution is 2.10. The topological polar surface area (TPSA) is 34.6 Å². The number of ether oxygens (including phenoxy) is 2. The van der Waals surface area contributed by atoms with Gasteiger partial charge in [0.1, 0.15) is 5.75 Å². The van der Waals surface area contributed by atoms with Crippen molar-refractivity contribution < 1.29 is 9.47 Å². The molecule has 2 rings (SSSR count). The summed E-state index contributed by atoms with van der Waals surface area (Å²) in [6, 6.07) is 2.02. The Kier molecular flexibility index (Phi) is 4.76. The summed E-state index contributed by atoms with van der Waals surface area (Å²) in [5, 5.41) is 0. The summed E-state index contributed by atoms with van der Waals surface area (Å²) in [4.78, 5) is 6.52. The van der Waals surface area contributed by atoms with Crippen molar-refractivity contribution in [3.8, 4) is 5.75 Å². The number of pyridine rings is 1. The molecular formula is C13H20N2O2. The van der Waals surface area contributed by atoms with Crippen molar-refractivity contribution in [3.63, 3.8) is 0 Å². The Morgan fingerprint density at radius 2 is 2.18 bits per heavy atom. The van der Waals surface area contributed by atoms with Crippen molar-refractivity contribution in [1.29, 1.82) is 0 Å². The summed E-state index contributed by atoms with van der Waals surface area (Å²) in [6.07, 6.45) is 4.65. The summed E-state index contributed by atoms with van der Waals surface area (Å²) in [5.74, 6) is 0.868. The summed E-state index contributed by atoms with van der Waals surface area (Å²) >= 11 is 0. The number of rotatable bonds is 5. The third kappa shape index (κ3) is 4.32. The van der Waals surface area contributed by atoms with E-state index in [9.17, 15) is 0 Å². The van der Waals surface area contributed by atoms with Gasteiger partial charge < -0.3 is 9.47 Å². The van der Waals surface area contributed by atoms with Crippen molar-refractivity contribution in [1.82, 2.24) is 9.88 Å². The first-order valence-corrected chi connectivity index (χ1v) is 6.19. The van der Waals surface area contributed by atoms with E-state index in [4.69, 9.17) is 9.47 Å². The van der Waals surface area contributed by atoms with Crippen LogP contribution in [-0.4, -0.2) is 49.3 Å². The Morgan fingerprint density at radius 3 is 2.94 bits per heavy atom. The molecule has 4 nitrogen and oxygen atoms in total. The second kappa shape index (κ2) is 6.57. The molecule has 1 saturated heterocycles. The summed E-state index contributed by atoms with van der Waals surface area (Å²) in [7, 11) is 0. The van der Waals surface area contributed by atoms with Crippen molar-refractivity contribution in [3.05, 3.63) is 24.0 Å². The van der Waals surface area contributed by atoms with E-state index in [0.717, 1.165) is 57.2 Å². The fraction of sp³-hybridized carbons (Fsp3) is 0.615. The minimum Gasteiger partial charge on any atom is -0.492 e. The molecule has 0 atom stereocenters. The Balaban J connectivity index is 1.62. The second-order valence-corrected chi connectivity index (χ2v) is 4.35. The Hall–Kier alpha value is -1.13. The van der Waals surface area contributed by atoms with Crippen molar-refractivity contribution in [2.75, 3.05) is 39.5 Å². The third-order valence-electron chi connectivity index (χ3n) is 2.84. The number of hydrogen-bond donors (Lipinski definition) is 0. The average molecular weight is 236 g/mol. The molecule has 0 amide bonds. The van der Waals surface area contributed by atoms with Gasteiger partial charge in [-0.1, -0.05) is 0 Å². The fourth-order valence-electron chi connectivity index (χ4n) is 1.91. The molecular weight excluding hydrogens is 216 g/mol. The van der Waals surface area contributed by atoms with Gasteiger partial charge in [0.25, 0.3) is 0 Å². The zero-order valence-corrected chi connectivity index (χ0v) is 10.4. The number of nitrogens with zero attached hydrogens (tertiary/aromatic N) is 2. The molecule has 1 aliphatic rings. The van der Waals surface area contributed by atoms with Crippen LogP contribution in [-0.2, 0) is 4.74 Å². The standard InChI is InChI=1S/C13H20N2O2/c1-12-9-13(11-14-10-12)17-6-2-3-15-4-7-16-8-5-15/h9-11H,2-8H2,1H3. The van der Waals surface area contributed by atoms with Crippen LogP contribution in [0.2, 0.25) is 0 Å². The Bertz CT molecular complexity index is 338. The van der Waals surface area contributed by atoms with Gasteiger partial charge in [0.15, 0.2) is 0 Å². The van der Waals surface area contributed by atoms with Gasteiger partial charge >= 0.3 is 0 Å². The molecule has 0 unspecified atom stereocenters. The van der Waals surface area contributed by atoms with Crippen molar-refractivity contribution in [2.24, 2.45) is 0 Å². The van der Waals surface area contributed by atoms with Gasteiger partial charge in [0, 0.05) is 25.8 Å². The summed E-state index contributed by atoms with van der Waals surface area (Å²) in [5.41, 5.74) is 1.13. The molecule has 0 aliphatic carbocycles. The predicted molar refractivity (Wildman–Crippen MR) is 66.3 cm³/mol. The average Bonchev–Trinajstić information content (AvgIpc) is 2.36. The maximum absolute atomic E-state index is 5.66. The fourth-order valence-corrected chi connectivity index (χ4v) is 1.91. The van der Waals surface area contributed by atoms with E-state index in [1.165, 1.54) is 0 Å². The highest BCUT2D eigenvalue weighted by molar-refractivity contribution is 5.22. The molecule has 1 fully saturated rings. The van der Waals surface area contributed by atoms with Crippen LogP contribution >= 0.6 is 0 Å². The molecule has 0 bridgehead atoms. The molecule has 17 heavy (non-hydrogen) atoms. The highest BCUT2D eigenvalue weighted by atomic mass is 16.5. The largest absolute Gasteiger partial charge is 0.492 e. The molecule has 1 aliphatic heterocycles. The second-order valence-electron chi connectivity index (χ2n) is 4.35. The molecule has 0 spiro atoms. The molecule has 1 aromatic rings. The first-order valence-electron chi connectivity index (χ1n) is 6.19. The molecule has 0 saturated carbocycles. The van der Waals surface area contributed by atoms with E-state index in [1.54, 1.807) is 6.20 Å². The highest BCUT2D eigenvalue weighted by Gasteiger charge is 2.09. The van der Waals surface area contributed by atoms with Gasteiger partial charge in [-0.25, -0.2) is 0 Å². The van der Waals surface area contributed by atoms with Crippen LogP contribution in [0.3, 0.4) is 0 Å². The maximum Gasteiger partial charge on any atom is 0.137 e. The molecule has 0 aromatic carbocycles. The summed E-state index contributed by atoms with van der Waals surface area (Å²) in [6.45, 7) is 7.68. The molecule has 4 heteroatoms. The van der Waals surface area contributed by atoms with Crippen LogP contribution in [0.1, 0.15) is 12.0 Å². The molecule has 0 radical (unpaired) electrons. The minimum atomic E-state index is 0.752. The SMILES string of the molecule is Cc1cncc(OCCCN2CCOCC2)c1. The number of morpholine rings is 1. The Morgan fingerprint density at radius 1 is 1.35 bits per heavy atom. The first kappa shape index (κ1) is 12.3. The monoisotopic (exact) mass is 236 g/mol. The summed E-state index contributed by atoms with van der Waals surface area (Å²) < 4.78 is 11.0. The van der Waals surface area contributed by atoms with Gasteiger partial charge in [-0.15, -0.1) is 0 Å². The van der Waals surface area contributed by atoms with E-state index in [-0.39, 0.29) is 0 Å². The molecule has 94 valence electrons. The number of aryl methyl sites for hydroxylation is 1. The van der Waals surface area contributed by atoms with Gasteiger partial charge in [-0.3, -0.25) is 9.88 Å². The lowest BCUT2D eigenvalue weighted by atomic mass is 10.3. The maximum atomic E-state index is 5.66. The zero-order chi connectivity index (χ0) is 11.9. The van der Waals surface area contributed by atoms with Gasteiger partial charge in [-0.2, -0.15) is 0 Å². The van der Waals surface area contributed by atoms with E-state index in [2.05, 4.69) is 9.88 Å². The van der Waals surface area contributed by atoms with E-state index < -0.39 is 0 Å². The lowest BCUT2D eigenvalue weighted by molar-refractivity contribution is 0.0358. The van der Waals surface area contributed by atoms with E-state index in [0.29, 0.717) is 0 Å².